The lowest BCUT2D eigenvalue weighted by Gasteiger charge is -2.11. The van der Waals surface area contributed by atoms with Gasteiger partial charge in [0.15, 0.2) is 0 Å². The largest absolute Gasteiger partial charge is 0.480 e. The lowest BCUT2D eigenvalue weighted by Crippen LogP contribution is -2.32. The summed E-state index contributed by atoms with van der Waals surface area (Å²) in [5.74, 6) is -1.10. The summed E-state index contributed by atoms with van der Waals surface area (Å²) in [6, 6.07) is 0. The molecular formula is C12H21N3O5S. The van der Waals surface area contributed by atoms with E-state index in [0.29, 0.717) is 6.42 Å². The van der Waals surface area contributed by atoms with Crippen molar-refractivity contribution in [3.8, 4) is 0 Å². The monoisotopic (exact) mass is 319 g/mol. The average molecular weight is 319 g/mol. The number of nitrogens with one attached hydrogen (secondary N) is 1. The summed E-state index contributed by atoms with van der Waals surface area (Å²) in [5.41, 5.74) is 0.485. The SMILES string of the molecule is CCCC(O)CNS(=O)(=O)c1c(C)nn(CC(=O)O)c1C. The standard InChI is InChI=1S/C12H21N3O5S/c1-4-5-10(16)6-13-21(19,20)12-8(2)14-15(9(12)3)7-11(17)18/h10,13,16H,4-7H2,1-3H3,(H,17,18). The summed E-state index contributed by atoms with van der Waals surface area (Å²) in [6.07, 6.45) is 0.496. The zero-order valence-corrected chi connectivity index (χ0v) is 13.1. The van der Waals surface area contributed by atoms with Crippen molar-refractivity contribution in [2.75, 3.05) is 6.54 Å². The predicted octanol–water partition coefficient (Wildman–Crippen LogP) is 0.0238. The number of rotatable bonds is 8. The molecule has 8 nitrogen and oxygen atoms in total. The minimum Gasteiger partial charge on any atom is -0.480 e. The fourth-order valence-corrected chi connectivity index (χ4v) is 3.54. The Kier molecular flexibility index (Phi) is 5.87. The molecule has 0 aliphatic rings. The Hall–Kier alpha value is -1.45. The first-order chi connectivity index (χ1) is 9.69. The van der Waals surface area contributed by atoms with Gasteiger partial charge in [0, 0.05) is 6.54 Å². The summed E-state index contributed by atoms with van der Waals surface area (Å²) in [6.45, 7) is 4.41. The average Bonchev–Trinajstić information content (AvgIpc) is 2.62. The van der Waals surface area contributed by atoms with Gasteiger partial charge in [-0.25, -0.2) is 13.1 Å². The molecule has 1 aromatic rings. The molecule has 0 aliphatic heterocycles. The number of hydrogen-bond donors (Lipinski definition) is 3. The van der Waals surface area contributed by atoms with Crippen LogP contribution in [-0.4, -0.2) is 47.0 Å². The molecule has 1 unspecified atom stereocenters. The van der Waals surface area contributed by atoms with Crippen molar-refractivity contribution in [3.05, 3.63) is 11.4 Å². The van der Waals surface area contributed by atoms with E-state index in [1.54, 1.807) is 0 Å². The van der Waals surface area contributed by atoms with Gasteiger partial charge in [-0.1, -0.05) is 13.3 Å². The van der Waals surface area contributed by atoms with E-state index in [0.717, 1.165) is 11.1 Å². The number of carboxylic acids is 1. The fourth-order valence-electron chi connectivity index (χ4n) is 2.06. The molecular weight excluding hydrogens is 298 g/mol. The van der Waals surface area contributed by atoms with Gasteiger partial charge < -0.3 is 10.2 Å². The van der Waals surface area contributed by atoms with E-state index in [-0.39, 0.29) is 22.8 Å². The quantitative estimate of drug-likeness (QED) is 0.621. The molecule has 0 saturated heterocycles. The van der Waals surface area contributed by atoms with Gasteiger partial charge in [0.2, 0.25) is 10.0 Å². The van der Waals surface area contributed by atoms with E-state index in [1.807, 2.05) is 6.92 Å². The molecule has 0 bridgehead atoms. The van der Waals surface area contributed by atoms with Gasteiger partial charge in [-0.2, -0.15) is 5.10 Å². The smallest absolute Gasteiger partial charge is 0.325 e. The van der Waals surface area contributed by atoms with Crippen LogP contribution >= 0.6 is 0 Å². The fraction of sp³-hybridized carbons (Fsp3) is 0.667. The first kappa shape index (κ1) is 17.6. The zero-order valence-electron chi connectivity index (χ0n) is 12.3. The van der Waals surface area contributed by atoms with E-state index >= 15 is 0 Å². The normalized spacial score (nSPS) is 13.3. The molecule has 0 saturated carbocycles. The van der Waals surface area contributed by atoms with E-state index in [9.17, 15) is 18.3 Å². The van der Waals surface area contributed by atoms with E-state index in [1.165, 1.54) is 13.8 Å². The molecule has 120 valence electrons. The molecule has 21 heavy (non-hydrogen) atoms. The first-order valence-corrected chi connectivity index (χ1v) is 8.10. The van der Waals surface area contributed by atoms with Gasteiger partial charge >= 0.3 is 5.97 Å². The summed E-state index contributed by atoms with van der Waals surface area (Å²) >= 11 is 0. The van der Waals surface area contributed by atoms with Crippen molar-refractivity contribution in [1.29, 1.82) is 0 Å². The third kappa shape index (κ3) is 4.51. The summed E-state index contributed by atoms with van der Waals surface area (Å²) in [4.78, 5) is 10.7. The van der Waals surface area contributed by atoms with Crippen LogP contribution in [0, 0.1) is 13.8 Å². The molecule has 0 spiro atoms. The molecule has 3 N–H and O–H groups in total. The van der Waals surface area contributed by atoms with Gasteiger partial charge in [0.25, 0.3) is 0 Å². The van der Waals surface area contributed by atoms with Crippen LogP contribution in [0.3, 0.4) is 0 Å². The van der Waals surface area contributed by atoms with Crippen molar-refractivity contribution in [2.45, 2.75) is 51.2 Å². The van der Waals surface area contributed by atoms with Crippen molar-refractivity contribution < 1.29 is 23.4 Å². The molecule has 1 rings (SSSR count). The number of carboxylic acid groups (broad SMARTS) is 1. The molecule has 0 aromatic carbocycles. The molecule has 0 radical (unpaired) electrons. The predicted molar refractivity (Wildman–Crippen MR) is 75.4 cm³/mol. The van der Waals surface area contributed by atoms with Crippen LogP contribution in [-0.2, 0) is 21.4 Å². The lowest BCUT2D eigenvalue weighted by atomic mass is 10.2. The second-order valence-corrected chi connectivity index (χ2v) is 6.55. The van der Waals surface area contributed by atoms with Crippen molar-refractivity contribution >= 4 is 16.0 Å². The Morgan fingerprint density at radius 3 is 2.57 bits per heavy atom. The zero-order chi connectivity index (χ0) is 16.2. The molecule has 0 amide bonds. The van der Waals surface area contributed by atoms with Crippen LogP contribution in [0.1, 0.15) is 31.2 Å². The van der Waals surface area contributed by atoms with Crippen molar-refractivity contribution in [3.63, 3.8) is 0 Å². The Morgan fingerprint density at radius 2 is 2.05 bits per heavy atom. The number of sulfonamides is 1. The number of aryl methyl sites for hydroxylation is 1. The Balaban J connectivity index is 2.98. The third-order valence-electron chi connectivity index (χ3n) is 3.00. The van der Waals surface area contributed by atoms with Crippen LogP contribution in [0.15, 0.2) is 4.90 Å². The van der Waals surface area contributed by atoms with Crippen LogP contribution < -0.4 is 4.72 Å². The van der Waals surface area contributed by atoms with Gasteiger partial charge in [0.1, 0.15) is 11.4 Å². The first-order valence-electron chi connectivity index (χ1n) is 6.62. The van der Waals surface area contributed by atoms with Gasteiger partial charge in [-0.15, -0.1) is 0 Å². The van der Waals surface area contributed by atoms with E-state index < -0.39 is 28.6 Å². The van der Waals surface area contributed by atoms with Crippen molar-refractivity contribution in [1.82, 2.24) is 14.5 Å². The van der Waals surface area contributed by atoms with Crippen LogP contribution in [0.5, 0.6) is 0 Å². The second kappa shape index (κ2) is 7.01. The maximum Gasteiger partial charge on any atom is 0.325 e. The number of aliphatic carboxylic acids is 1. The Bertz CT molecular complexity index is 609. The molecule has 1 aromatic heterocycles. The summed E-state index contributed by atoms with van der Waals surface area (Å²) in [7, 11) is -3.84. The van der Waals surface area contributed by atoms with Crippen molar-refractivity contribution in [2.24, 2.45) is 0 Å². The lowest BCUT2D eigenvalue weighted by molar-refractivity contribution is -0.137. The summed E-state index contributed by atoms with van der Waals surface area (Å²) < 4.78 is 28.0. The molecule has 1 heterocycles. The number of aromatic nitrogens is 2. The Morgan fingerprint density at radius 1 is 1.43 bits per heavy atom. The van der Waals surface area contributed by atoms with Crippen LogP contribution in [0.4, 0.5) is 0 Å². The molecule has 9 heteroatoms. The highest BCUT2D eigenvalue weighted by atomic mass is 32.2. The maximum absolute atomic E-state index is 12.3. The number of aliphatic hydroxyl groups is 1. The van der Waals surface area contributed by atoms with Gasteiger partial charge in [0.05, 0.1) is 17.5 Å². The second-order valence-electron chi connectivity index (χ2n) is 4.85. The Labute approximate surface area is 123 Å². The highest BCUT2D eigenvalue weighted by molar-refractivity contribution is 7.89. The van der Waals surface area contributed by atoms with E-state index in [2.05, 4.69) is 9.82 Å². The van der Waals surface area contributed by atoms with Gasteiger partial charge in [-0.3, -0.25) is 9.48 Å². The van der Waals surface area contributed by atoms with E-state index in [4.69, 9.17) is 5.11 Å². The maximum atomic E-state index is 12.3. The number of hydrogen-bond acceptors (Lipinski definition) is 5. The number of nitrogens with zero attached hydrogens (tertiary/aromatic N) is 2. The number of carbonyl (C=O) groups is 1. The van der Waals surface area contributed by atoms with Crippen LogP contribution in [0.2, 0.25) is 0 Å². The number of aliphatic hydroxyl groups excluding tert-OH is 1. The molecule has 1 atom stereocenters. The summed E-state index contributed by atoms with van der Waals surface area (Å²) in [5, 5.41) is 22.3. The minimum atomic E-state index is -3.84. The minimum absolute atomic E-state index is 0.0348. The highest BCUT2D eigenvalue weighted by Gasteiger charge is 2.25. The third-order valence-corrected chi connectivity index (χ3v) is 4.67. The van der Waals surface area contributed by atoms with Gasteiger partial charge in [-0.05, 0) is 20.3 Å². The molecule has 0 fully saturated rings. The van der Waals surface area contributed by atoms with Crippen LogP contribution in [0.25, 0.3) is 0 Å². The topological polar surface area (TPSA) is 122 Å². The highest BCUT2D eigenvalue weighted by Crippen LogP contribution is 2.19. The molecule has 0 aliphatic carbocycles.